The molecular weight excluding hydrogens is 160 g/mol. The average Bonchev–Trinajstić information content (AvgIpc) is 2.82. The summed E-state index contributed by atoms with van der Waals surface area (Å²) in [5.74, 6) is 0.600. The van der Waals surface area contributed by atoms with E-state index in [0.717, 1.165) is 11.8 Å². The summed E-state index contributed by atoms with van der Waals surface area (Å²) < 4.78 is 0. The molecule has 0 saturated heterocycles. The maximum absolute atomic E-state index is 11.8. The summed E-state index contributed by atoms with van der Waals surface area (Å²) in [6, 6.07) is 0. The molecule has 0 amide bonds. The van der Waals surface area contributed by atoms with E-state index in [1.165, 1.54) is 51.4 Å². The lowest BCUT2D eigenvalue weighted by atomic mass is 9.67. The summed E-state index contributed by atoms with van der Waals surface area (Å²) >= 11 is 0. The summed E-state index contributed by atoms with van der Waals surface area (Å²) in [5.41, 5.74) is 0.932. The molecule has 0 aliphatic heterocycles. The van der Waals surface area contributed by atoms with E-state index in [0.29, 0.717) is 5.78 Å². The van der Waals surface area contributed by atoms with Crippen molar-refractivity contribution in [2.45, 2.75) is 57.8 Å². The molecule has 0 atom stereocenters. The Morgan fingerprint density at radius 3 is 1.92 bits per heavy atom. The van der Waals surface area contributed by atoms with Crippen LogP contribution in [-0.4, -0.2) is 5.78 Å². The number of carbonyl (C=O) groups excluding carboxylic acids is 1. The van der Waals surface area contributed by atoms with E-state index in [1.807, 2.05) is 0 Å². The van der Waals surface area contributed by atoms with Crippen molar-refractivity contribution in [3.63, 3.8) is 0 Å². The Hall–Kier alpha value is -0.330. The van der Waals surface area contributed by atoms with Gasteiger partial charge in [0.1, 0.15) is 5.78 Å². The van der Waals surface area contributed by atoms with Crippen LogP contribution in [0.1, 0.15) is 57.8 Å². The Balaban J connectivity index is 1.76. The van der Waals surface area contributed by atoms with E-state index in [-0.39, 0.29) is 5.41 Å². The van der Waals surface area contributed by atoms with Gasteiger partial charge in [0.05, 0.1) is 0 Å². The highest BCUT2D eigenvalue weighted by molar-refractivity contribution is 5.86. The molecule has 0 aromatic rings. The molecule has 3 aliphatic carbocycles. The van der Waals surface area contributed by atoms with Crippen LogP contribution in [0, 0.1) is 10.8 Å². The predicted octanol–water partition coefficient (Wildman–Crippen LogP) is 3.08. The molecule has 0 aromatic heterocycles. The summed E-state index contributed by atoms with van der Waals surface area (Å²) in [6.07, 6.45) is 11.4. The van der Waals surface area contributed by atoms with E-state index >= 15 is 0 Å². The molecule has 2 spiro atoms. The summed E-state index contributed by atoms with van der Waals surface area (Å²) in [7, 11) is 0. The largest absolute Gasteiger partial charge is 0.299 e. The number of ketones is 1. The molecule has 13 heavy (non-hydrogen) atoms. The second-order valence-corrected chi connectivity index (χ2v) is 5.56. The van der Waals surface area contributed by atoms with Crippen molar-refractivity contribution in [2.75, 3.05) is 0 Å². The Labute approximate surface area is 79.9 Å². The van der Waals surface area contributed by atoms with Crippen LogP contribution in [0.25, 0.3) is 0 Å². The van der Waals surface area contributed by atoms with Crippen molar-refractivity contribution in [3.05, 3.63) is 0 Å². The molecule has 0 bridgehead atoms. The van der Waals surface area contributed by atoms with Crippen molar-refractivity contribution in [3.8, 4) is 0 Å². The second kappa shape index (κ2) is 2.37. The number of rotatable bonds is 0. The first-order valence-corrected chi connectivity index (χ1v) is 5.78. The van der Waals surface area contributed by atoms with Gasteiger partial charge in [-0.3, -0.25) is 4.79 Å². The Morgan fingerprint density at radius 2 is 1.46 bits per heavy atom. The fourth-order valence-electron chi connectivity index (χ4n) is 3.46. The fourth-order valence-corrected chi connectivity index (χ4v) is 3.46. The van der Waals surface area contributed by atoms with Gasteiger partial charge in [-0.15, -0.1) is 0 Å². The highest BCUT2D eigenvalue weighted by Gasteiger charge is 2.52. The molecule has 0 N–H and O–H groups in total. The third-order valence-corrected chi connectivity index (χ3v) is 4.88. The molecule has 3 saturated carbocycles. The standard InChI is InChI=1S/C12H18O/c13-10-2-1-3-12(10)8-6-11(4-5-11)7-9-12/h1-9H2. The van der Waals surface area contributed by atoms with Crippen LogP contribution in [0.3, 0.4) is 0 Å². The number of hydrogen-bond donors (Lipinski definition) is 0. The van der Waals surface area contributed by atoms with E-state index in [1.54, 1.807) is 0 Å². The average molecular weight is 178 g/mol. The molecule has 3 rings (SSSR count). The van der Waals surface area contributed by atoms with Crippen LogP contribution in [0.15, 0.2) is 0 Å². The summed E-state index contributed by atoms with van der Waals surface area (Å²) in [4.78, 5) is 11.8. The Morgan fingerprint density at radius 1 is 0.846 bits per heavy atom. The lowest BCUT2D eigenvalue weighted by Gasteiger charge is -2.36. The lowest BCUT2D eigenvalue weighted by molar-refractivity contribution is -0.128. The quantitative estimate of drug-likeness (QED) is 0.557. The molecular formula is C12H18O. The van der Waals surface area contributed by atoms with Crippen molar-refractivity contribution < 1.29 is 4.79 Å². The third-order valence-electron chi connectivity index (χ3n) is 4.88. The van der Waals surface area contributed by atoms with Crippen LogP contribution >= 0.6 is 0 Å². The summed E-state index contributed by atoms with van der Waals surface area (Å²) in [6.45, 7) is 0. The SMILES string of the molecule is O=C1CCCC12CCC1(CC1)CC2. The summed E-state index contributed by atoms with van der Waals surface area (Å²) in [5, 5.41) is 0. The van der Waals surface area contributed by atoms with Gasteiger partial charge in [0.2, 0.25) is 0 Å². The van der Waals surface area contributed by atoms with E-state index < -0.39 is 0 Å². The Kier molecular flexibility index (Phi) is 1.46. The zero-order valence-corrected chi connectivity index (χ0v) is 8.27. The van der Waals surface area contributed by atoms with Gasteiger partial charge < -0.3 is 0 Å². The molecule has 0 aromatic carbocycles. The minimum Gasteiger partial charge on any atom is -0.299 e. The first-order chi connectivity index (χ1) is 6.25. The zero-order valence-electron chi connectivity index (χ0n) is 8.27. The maximum atomic E-state index is 11.8. The second-order valence-electron chi connectivity index (χ2n) is 5.56. The van der Waals surface area contributed by atoms with E-state index in [2.05, 4.69) is 0 Å². The molecule has 1 heteroatoms. The monoisotopic (exact) mass is 178 g/mol. The van der Waals surface area contributed by atoms with Crippen LogP contribution in [-0.2, 0) is 4.79 Å². The molecule has 72 valence electrons. The van der Waals surface area contributed by atoms with Gasteiger partial charge in [0, 0.05) is 11.8 Å². The predicted molar refractivity (Wildman–Crippen MR) is 51.4 cm³/mol. The first kappa shape index (κ1) is 8.02. The maximum Gasteiger partial charge on any atom is 0.139 e. The van der Waals surface area contributed by atoms with Gasteiger partial charge in [-0.05, 0) is 56.8 Å². The first-order valence-electron chi connectivity index (χ1n) is 5.78. The van der Waals surface area contributed by atoms with Gasteiger partial charge in [-0.25, -0.2) is 0 Å². The molecule has 3 aliphatic rings. The molecule has 0 unspecified atom stereocenters. The normalized spacial score (nSPS) is 34.3. The minimum atomic E-state index is 0.188. The third kappa shape index (κ3) is 1.09. The molecule has 3 fully saturated rings. The van der Waals surface area contributed by atoms with Crippen molar-refractivity contribution in [1.29, 1.82) is 0 Å². The minimum absolute atomic E-state index is 0.188. The molecule has 0 radical (unpaired) electrons. The van der Waals surface area contributed by atoms with E-state index in [9.17, 15) is 4.79 Å². The molecule has 1 nitrogen and oxygen atoms in total. The van der Waals surface area contributed by atoms with Crippen LogP contribution in [0.2, 0.25) is 0 Å². The fraction of sp³-hybridized carbons (Fsp3) is 0.917. The number of carbonyl (C=O) groups is 1. The van der Waals surface area contributed by atoms with Crippen molar-refractivity contribution >= 4 is 5.78 Å². The van der Waals surface area contributed by atoms with Crippen molar-refractivity contribution in [2.24, 2.45) is 10.8 Å². The van der Waals surface area contributed by atoms with Crippen LogP contribution in [0.5, 0.6) is 0 Å². The Bertz CT molecular complexity index is 240. The highest BCUT2D eigenvalue weighted by Crippen LogP contribution is 2.61. The van der Waals surface area contributed by atoms with Gasteiger partial charge >= 0.3 is 0 Å². The lowest BCUT2D eigenvalue weighted by Crippen LogP contribution is -2.31. The van der Waals surface area contributed by atoms with Crippen molar-refractivity contribution in [1.82, 2.24) is 0 Å². The van der Waals surface area contributed by atoms with E-state index in [4.69, 9.17) is 0 Å². The number of Topliss-reactive ketones (excluding diaryl/α,β-unsaturated/α-hetero) is 1. The van der Waals surface area contributed by atoms with Crippen LogP contribution in [0.4, 0.5) is 0 Å². The van der Waals surface area contributed by atoms with Crippen LogP contribution < -0.4 is 0 Å². The van der Waals surface area contributed by atoms with Gasteiger partial charge in [-0.2, -0.15) is 0 Å². The van der Waals surface area contributed by atoms with Gasteiger partial charge in [0.25, 0.3) is 0 Å². The topological polar surface area (TPSA) is 17.1 Å². The smallest absolute Gasteiger partial charge is 0.139 e. The zero-order chi connectivity index (χ0) is 8.94. The van der Waals surface area contributed by atoms with Gasteiger partial charge in [-0.1, -0.05) is 0 Å². The highest BCUT2D eigenvalue weighted by atomic mass is 16.1. The molecule has 0 heterocycles. The van der Waals surface area contributed by atoms with Gasteiger partial charge in [0.15, 0.2) is 0 Å². The number of hydrogen-bond acceptors (Lipinski definition) is 1.